The largest absolute Gasteiger partial charge is 0.383 e. The molecule has 5 heteroatoms. The molecule has 0 saturated heterocycles. The number of hydrogen-bond donors (Lipinski definition) is 2. The summed E-state index contributed by atoms with van der Waals surface area (Å²) in [6, 6.07) is 8.29. The number of benzene rings is 1. The second-order valence-electron chi connectivity index (χ2n) is 5.90. The quantitative estimate of drug-likeness (QED) is 0.572. The van der Waals surface area contributed by atoms with Gasteiger partial charge in [0.05, 0.1) is 12.4 Å². The summed E-state index contributed by atoms with van der Waals surface area (Å²) in [5.41, 5.74) is 1.06. The van der Waals surface area contributed by atoms with E-state index in [1.807, 2.05) is 20.8 Å². The summed E-state index contributed by atoms with van der Waals surface area (Å²) in [7, 11) is 1.70. The van der Waals surface area contributed by atoms with Crippen molar-refractivity contribution in [1.29, 1.82) is 0 Å². The van der Waals surface area contributed by atoms with Crippen molar-refractivity contribution in [2.45, 2.75) is 37.8 Å². The lowest BCUT2D eigenvalue weighted by atomic mass is 10.1. The summed E-state index contributed by atoms with van der Waals surface area (Å²) in [6.45, 7) is 8.36. The van der Waals surface area contributed by atoms with Crippen LogP contribution in [0.3, 0.4) is 0 Å². The molecule has 1 rings (SSSR count). The van der Waals surface area contributed by atoms with Crippen LogP contribution < -0.4 is 10.6 Å². The maximum atomic E-state index is 11.7. The Hall–Kier alpha value is -1.04. The molecule has 21 heavy (non-hydrogen) atoms. The first kappa shape index (κ1) is 18.0. The third-order valence-electron chi connectivity index (χ3n) is 2.62. The van der Waals surface area contributed by atoms with E-state index >= 15 is 0 Å². The molecule has 0 fully saturated rings. The van der Waals surface area contributed by atoms with E-state index in [1.54, 1.807) is 18.9 Å². The van der Waals surface area contributed by atoms with E-state index in [9.17, 15) is 4.79 Å². The number of methoxy groups -OCH3 is 1. The Labute approximate surface area is 132 Å². The van der Waals surface area contributed by atoms with Crippen LogP contribution in [0, 0.1) is 0 Å². The zero-order chi connectivity index (χ0) is 15.7. The minimum absolute atomic E-state index is 0.0674. The van der Waals surface area contributed by atoms with Gasteiger partial charge in [0.25, 0.3) is 0 Å². The summed E-state index contributed by atoms with van der Waals surface area (Å²) < 4.78 is 4.98. The molecule has 0 unspecified atom stereocenters. The van der Waals surface area contributed by atoms with Crippen molar-refractivity contribution < 1.29 is 9.53 Å². The molecule has 0 aliphatic heterocycles. The van der Waals surface area contributed by atoms with Crippen LogP contribution in [0.2, 0.25) is 0 Å². The maximum Gasteiger partial charge on any atom is 0.230 e. The smallest absolute Gasteiger partial charge is 0.230 e. The summed E-state index contributed by atoms with van der Waals surface area (Å²) in [5.74, 6) is 0.515. The number of rotatable bonds is 8. The lowest BCUT2D eigenvalue weighted by Crippen LogP contribution is -2.41. The molecule has 0 radical (unpaired) electrons. The fourth-order valence-corrected chi connectivity index (χ4v) is 2.41. The average Bonchev–Trinajstić information content (AvgIpc) is 2.41. The van der Waals surface area contributed by atoms with E-state index in [0.29, 0.717) is 5.75 Å². The van der Waals surface area contributed by atoms with Gasteiger partial charge in [0, 0.05) is 30.6 Å². The minimum atomic E-state index is -0.171. The fraction of sp³-hybridized carbons (Fsp3) is 0.562. The molecule has 0 bridgehead atoms. The van der Waals surface area contributed by atoms with Gasteiger partial charge >= 0.3 is 0 Å². The van der Waals surface area contributed by atoms with E-state index in [-0.39, 0.29) is 11.4 Å². The van der Waals surface area contributed by atoms with Crippen LogP contribution in [0.1, 0.15) is 26.3 Å². The second kappa shape index (κ2) is 9.07. The van der Waals surface area contributed by atoms with E-state index in [2.05, 4.69) is 34.9 Å². The van der Waals surface area contributed by atoms with Gasteiger partial charge in [-0.15, -0.1) is 11.8 Å². The molecular formula is C16H26N2O2S. The second-order valence-corrected chi connectivity index (χ2v) is 6.95. The van der Waals surface area contributed by atoms with Crippen LogP contribution in [-0.2, 0) is 16.1 Å². The molecule has 1 aromatic rings. The Morgan fingerprint density at radius 2 is 1.90 bits per heavy atom. The number of nitrogens with one attached hydrogen (secondary N) is 2. The highest BCUT2D eigenvalue weighted by Crippen LogP contribution is 2.18. The predicted molar refractivity (Wildman–Crippen MR) is 88.6 cm³/mol. The summed E-state index contributed by atoms with van der Waals surface area (Å²) in [6.07, 6.45) is 0. The molecule has 0 atom stereocenters. The number of thioether (sulfide) groups is 1. The SMILES string of the molecule is COCCNCc1ccc(SCC(=O)NC(C)(C)C)cc1. The van der Waals surface area contributed by atoms with Gasteiger partial charge in [0.1, 0.15) is 0 Å². The third-order valence-corrected chi connectivity index (χ3v) is 3.63. The Balaban J connectivity index is 2.32. The van der Waals surface area contributed by atoms with Crippen LogP contribution in [-0.4, -0.2) is 37.5 Å². The van der Waals surface area contributed by atoms with Gasteiger partial charge in [0.15, 0.2) is 0 Å². The van der Waals surface area contributed by atoms with E-state index in [1.165, 1.54) is 5.56 Å². The lowest BCUT2D eigenvalue weighted by molar-refractivity contribution is -0.119. The molecule has 0 aromatic heterocycles. The molecule has 0 heterocycles. The molecule has 0 saturated carbocycles. The van der Waals surface area contributed by atoms with Crippen molar-refractivity contribution in [3.05, 3.63) is 29.8 Å². The lowest BCUT2D eigenvalue weighted by Gasteiger charge is -2.20. The van der Waals surface area contributed by atoms with Crippen molar-refractivity contribution in [2.24, 2.45) is 0 Å². The summed E-state index contributed by atoms with van der Waals surface area (Å²) in [4.78, 5) is 12.9. The molecular weight excluding hydrogens is 284 g/mol. The van der Waals surface area contributed by atoms with Crippen LogP contribution >= 0.6 is 11.8 Å². The first-order valence-electron chi connectivity index (χ1n) is 7.13. The van der Waals surface area contributed by atoms with Crippen LogP contribution in [0.4, 0.5) is 0 Å². The Bertz CT molecular complexity index is 427. The number of ether oxygens (including phenoxy) is 1. The molecule has 4 nitrogen and oxygen atoms in total. The molecule has 2 N–H and O–H groups in total. The van der Waals surface area contributed by atoms with Gasteiger partial charge in [-0.3, -0.25) is 4.79 Å². The number of carbonyl (C=O) groups excluding carboxylic acids is 1. The highest BCUT2D eigenvalue weighted by Gasteiger charge is 2.13. The van der Waals surface area contributed by atoms with Crippen molar-refractivity contribution in [2.75, 3.05) is 26.0 Å². The topological polar surface area (TPSA) is 50.4 Å². The standard InChI is InChI=1S/C16H26N2O2S/c1-16(2,3)18-15(19)12-21-14-7-5-13(6-8-14)11-17-9-10-20-4/h5-8,17H,9-12H2,1-4H3,(H,18,19). The number of amides is 1. The number of hydrogen-bond acceptors (Lipinski definition) is 4. The Morgan fingerprint density at radius 1 is 1.24 bits per heavy atom. The molecule has 118 valence electrons. The zero-order valence-electron chi connectivity index (χ0n) is 13.4. The monoisotopic (exact) mass is 310 g/mol. The summed E-state index contributed by atoms with van der Waals surface area (Å²) >= 11 is 1.56. The summed E-state index contributed by atoms with van der Waals surface area (Å²) in [5, 5.41) is 6.26. The molecule has 1 amide bonds. The predicted octanol–water partition coefficient (Wildman–Crippen LogP) is 2.43. The van der Waals surface area contributed by atoms with E-state index in [0.717, 1.165) is 24.6 Å². The van der Waals surface area contributed by atoms with Gasteiger partial charge in [-0.25, -0.2) is 0 Å². The van der Waals surface area contributed by atoms with Gasteiger partial charge in [0.2, 0.25) is 5.91 Å². The van der Waals surface area contributed by atoms with Crippen LogP contribution in [0.15, 0.2) is 29.2 Å². The maximum absolute atomic E-state index is 11.7. The van der Waals surface area contributed by atoms with Crippen LogP contribution in [0.25, 0.3) is 0 Å². The zero-order valence-corrected chi connectivity index (χ0v) is 14.2. The average molecular weight is 310 g/mol. The fourth-order valence-electron chi connectivity index (χ4n) is 1.71. The van der Waals surface area contributed by atoms with Gasteiger partial charge in [-0.05, 0) is 38.5 Å². The first-order valence-corrected chi connectivity index (χ1v) is 8.12. The molecule has 0 spiro atoms. The van der Waals surface area contributed by atoms with Gasteiger partial charge in [-0.2, -0.15) is 0 Å². The van der Waals surface area contributed by atoms with Crippen LogP contribution in [0.5, 0.6) is 0 Å². The number of carbonyl (C=O) groups is 1. The normalized spacial score (nSPS) is 11.4. The molecule has 1 aromatic carbocycles. The van der Waals surface area contributed by atoms with E-state index in [4.69, 9.17) is 4.74 Å². The van der Waals surface area contributed by atoms with Gasteiger partial charge in [-0.1, -0.05) is 12.1 Å². The van der Waals surface area contributed by atoms with Crippen molar-refractivity contribution in [3.8, 4) is 0 Å². The highest BCUT2D eigenvalue weighted by molar-refractivity contribution is 8.00. The minimum Gasteiger partial charge on any atom is -0.383 e. The third kappa shape index (κ3) is 8.75. The Kier molecular flexibility index (Phi) is 7.78. The van der Waals surface area contributed by atoms with Crippen molar-refractivity contribution in [3.63, 3.8) is 0 Å². The van der Waals surface area contributed by atoms with E-state index < -0.39 is 0 Å². The van der Waals surface area contributed by atoms with Crippen molar-refractivity contribution >= 4 is 17.7 Å². The first-order chi connectivity index (χ1) is 9.90. The highest BCUT2D eigenvalue weighted by atomic mass is 32.2. The molecule has 0 aliphatic rings. The Morgan fingerprint density at radius 3 is 2.48 bits per heavy atom. The molecule has 0 aliphatic carbocycles. The van der Waals surface area contributed by atoms with Gasteiger partial charge < -0.3 is 15.4 Å². The van der Waals surface area contributed by atoms with Crippen molar-refractivity contribution in [1.82, 2.24) is 10.6 Å².